The first kappa shape index (κ1) is 20.1. The predicted octanol–water partition coefficient (Wildman–Crippen LogP) is 7.00. The van der Waals surface area contributed by atoms with Crippen LogP contribution in [0.15, 0.2) is 52.7 Å². The largest absolute Gasteiger partial charge is 0.248 e. The molecule has 0 bridgehead atoms. The number of aromatic nitrogens is 3. The Morgan fingerprint density at radius 3 is 2.72 bits per heavy atom. The van der Waals surface area contributed by atoms with E-state index in [2.05, 4.69) is 10.1 Å². The van der Waals surface area contributed by atoms with E-state index in [9.17, 15) is 8.78 Å². The highest BCUT2D eigenvalue weighted by Crippen LogP contribution is 2.41. The lowest BCUT2D eigenvalue weighted by molar-refractivity contribution is 0.606. The van der Waals surface area contributed by atoms with E-state index >= 15 is 0 Å². The van der Waals surface area contributed by atoms with Crippen molar-refractivity contribution < 1.29 is 8.78 Å². The van der Waals surface area contributed by atoms with Crippen molar-refractivity contribution in [3.05, 3.63) is 64.2 Å². The van der Waals surface area contributed by atoms with Crippen LogP contribution in [0, 0.1) is 12.7 Å². The summed E-state index contributed by atoms with van der Waals surface area (Å²) in [6.07, 6.45) is 0. The second-order valence-electron chi connectivity index (χ2n) is 6.38. The van der Waals surface area contributed by atoms with Crippen molar-refractivity contribution in [1.29, 1.82) is 0 Å². The normalized spacial score (nSPS) is 11.2. The monoisotopic (exact) mass is 447 g/mol. The summed E-state index contributed by atoms with van der Waals surface area (Å²) >= 11 is 8.93. The number of aryl methyl sites for hydroxylation is 2. The van der Waals surface area contributed by atoms with Crippen LogP contribution in [0.4, 0.5) is 8.78 Å². The zero-order valence-corrected chi connectivity index (χ0v) is 18.0. The Hall–Kier alpha value is -2.22. The van der Waals surface area contributed by atoms with Gasteiger partial charge in [-0.15, -0.1) is 11.3 Å². The Balaban J connectivity index is 1.85. The van der Waals surface area contributed by atoms with Gasteiger partial charge in [-0.1, -0.05) is 41.6 Å². The van der Waals surface area contributed by atoms with Gasteiger partial charge in [0, 0.05) is 22.4 Å². The summed E-state index contributed by atoms with van der Waals surface area (Å²) in [6.45, 7) is 2.00. The van der Waals surface area contributed by atoms with Crippen molar-refractivity contribution in [2.45, 2.75) is 11.8 Å². The number of thioether (sulfide) groups is 1. The van der Waals surface area contributed by atoms with Crippen molar-refractivity contribution in [3.63, 3.8) is 0 Å². The van der Waals surface area contributed by atoms with Crippen LogP contribution >= 0.6 is 34.7 Å². The number of halogens is 3. The molecule has 2 heterocycles. The van der Waals surface area contributed by atoms with E-state index < -0.39 is 11.8 Å². The molecule has 3 nitrogen and oxygen atoms in total. The van der Waals surface area contributed by atoms with Crippen LogP contribution in [-0.2, 0) is 7.05 Å². The minimum Gasteiger partial charge on any atom is -0.248 e. The standard InChI is InChI=1S/C21H16ClF2N3S2/c1-12-10-28-19(13-5-3-6-14(9-13)29-11-23)17(12)21-25-20(26-27(21)2)18-15(22)7-4-8-16(18)24/h3-10H,11H2,1-2H3. The van der Waals surface area contributed by atoms with Crippen molar-refractivity contribution in [2.24, 2.45) is 7.05 Å². The molecule has 148 valence electrons. The lowest BCUT2D eigenvalue weighted by Gasteiger charge is -2.07. The van der Waals surface area contributed by atoms with E-state index in [0.29, 0.717) is 5.82 Å². The average molecular weight is 448 g/mol. The molecular formula is C21H16ClF2N3S2. The first-order valence-corrected chi connectivity index (χ1v) is 11.0. The van der Waals surface area contributed by atoms with Crippen molar-refractivity contribution >= 4 is 34.7 Å². The summed E-state index contributed by atoms with van der Waals surface area (Å²) in [5.41, 5.74) is 3.12. The van der Waals surface area contributed by atoms with Crippen LogP contribution in [0.5, 0.6) is 0 Å². The van der Waals surface area contributed by atoms with Crippen molar-refractivity contribution in [2.75, 3.05) is 6.01 Å². The Kier molecular flexibility index (Phi) is 5.72. The molecule has 0 aliphatic rings. The Bertz CT molecular complexity index is 1170. The molecule has 8 heteroatoms. The van der Waals surface area contributed by atoms with Gasteiger partial charge < -0.3 is 0 Å². The number of hydrogen-bond donors (Lipinski definition) is 0. The summed E-state index contributed by atoms with van der Waals surface area (Å²) in [4.78, 5) is 6.48. The molecule has 4 aromatic rings. The third-order valence-electron chi connectivity index (χ3n) is 4.47. The number of hydrogen-bond acceptors (Lipinski definition) is 4. The molecule has 2 aromatic heterocycles. The lowest BCUT2D eigenvalue weighted by atomic mass is 10.1. The summed E-state index contributed by atoms with van der Waals surface area (Å²) in [6, 6.07) is 11.8. The van der Waals surface area contributed by atoms with Gasteiger partial charge in [0.2, 0.25) is 0 Å². The van der Waals surface area contributed by atoms with Crippen LogP contribution in [0.25, 0.3) is 33.2 Å². The molecule has 0 spiro atoms. The molecule has 0 unspecified atom stereocenters. The molecule has 0 saturated heterocycles. The Morgan fingerprint density at radius 1 is 1.17 bits per heavy atom. The average Bonchev–Trinajstić information content (AvgIpc) is 3.24. The minimum atomic E-state index is -0.476. The fraction of sp³-hybridized carbons (Fsp3) is 0.143. The number of alkyl halides is 1. The number of thiophene rings is 1. The molecule has 0 radical (unpaired) electrons. The van der Waals surface area contributed by atoms with Gasteiger partial charge in [-0.3, -0.25) is 0 Å². The second-order valence-corrected chi connectivity index (χ2v) is 8.65. The van der Waals surface area contributed by atoms with Crippen LogP contribution in [0.2, 0.25) is 5.02 Å². The highest BCUT2D eigenvalue weighted by atomic mass is 35.5. The molecule has 0 aliphatic carbocycles. The predicted molar refractivity (Wildman–Crippen MR) is 117 cm³/mol. The minimum absolute atomic E-state index is 0.187. The number of benzene rings is 2. The van der Waals surface area contributed by atoms with Gasteiger partial charge in [0.05, 0.1) is 10.6 Å². The van der Waals surface area contributed by atoms with E-state index in [0.717, 1.165) is 38.2 Å². The maximum Gasteiger partial charge on any atom is 0.186 e. The van der Waals surface area contributed by atoms with Gasteiger partial charge >= 0.3 is 0 Å². The molecule has 0 atom stereocenters. The van der Waals surface area contributed by atoms with E-state index in [4.69, 9.17) is 11.6 Å². The lowest BCUT2D eigenvalue weighted by Crippen LogP contribution is -1.96. The molecule has 0 amide bonds. The maximum absolute atomic E-state index is 14.4. The zero-order valence-electron chi connectivity index (χ0n) is 15.6. The molecule has 0 N–H and O–H groups in total. The van der Waals surface area contributed by atoms with Crippen LogP contribution in [0.1, 0.15) is 5.56 Å². The van der Waals surface area contributed by atoms with Crippen LogP contribution < -0.4 is 0 Å². The summed E-state index contributed by atoms with van der Waals surface area (Å²) < 4.78 is 28.7. The van der Waals surface area contributed by atoms with Gasteiger partial charge in [-0.25, -0.2) is 18.4 Å². The topological polar surface area (TPSA) is 30.7 Å². The quantitative estimate of drug-likeness (QED) is 0.308. The first-order valence-electron chi connectivity index (χ1n) is 8.72. The van der Waals surface area contributed by atoms with Gasteiger partial charge in [-0.2, -0.15) is 5.10 Å². The van der Waals surface area contributed by atoms with E-state index in [1.54, 1.807) is 35.2 Å². The molecule has 4 rings (SSSR count). The van der Waals surface area contributed by atoms with Gasteiger partial charge in [-0.05, 0) is 47.7 Å². The smallest absolute Gasteiger partial charge is 0.186 e. The Morgan fingerprint density at radius 2 is 1.97 bits per heavy atom. The number of rotatable bonds is 5. The van der Waals surface area contributed by atoms with E-state index in [-0.39, 0.29) is 16.4 Å². The summed E-state index contributed by atoms with van der Waals surface area (Å²) in [7, 11) is 1.77. The molecule has 29 heavy (non-hydrogen) atoms. The van der Waals surface area contributed by atoms with Crippen molar-refractivity contribution in [3.8, 4) is 33.2 Å². The SMILES string of the molecule is Cc1csc(-c2cccc(SCF)c2)c1-c1nc(-c2c(F)cccc2Cl)nn1C. The first-order chi connectivity index (χ1) is 14.0. The van der Waals surface area contributed by atoms with Gasteiger partial charge in [0.25, 0.3) is 0 Å². The molecule has 0 aliphatic heterocycles. The van der Waals surface area contributed by atoms with Gasteiger partial charge in [0.1, 0.15) is 11.8 Å². The highest BCUT2D eigenvalue weighted by molar-refractivity contribution is 7.99. The van der Waals surface area contributed by atoms with E-state index in [1.807, 2.05) is 36.6 Å². The fourth-order valence-corrected chi connectivity index (χ4v) is 4.95. The van der Waals surface area contributed by atoms with Gasteiger partial charge in [0.15, 0.2) is 11.6 Å². The molecular weight excluding hydrogens is 432 g/mol. The molecule has 0 saturated carbocycles. The highest BCUT2D eigenvalue weighted by Gasteiger charge is 2.22. The molecule has 2 aromatic carbocycles. The fourth-order valence-electron chi connectivity index (χ4n) is 3.14. The summed E-state index contributed by atoms with van der Waals surface area (Å²) in [5, 5.41) is 6.72. The van der Waals surface area contributed by atoms with Crippen LogP contribution in [-0.4, -0.2) is 20.8 Å². The third kappa shape index (κ3) is 3.82. The second kappa shape index (κ2) is 8.26. The van der Waals surface area contributed by atoms with E-state index in [1.165, 1.54) is 6.07 Å². The van der Waals surface area contributed by atoms with Crippen molar-refractivity contribution in [1.82, 2.24) is 14.8 Å². The molecule has 0 fully saturated rings. The number of nitrogens with zero attached hydrogens (tertiary/aromatic N) is 3. The Labute approximate surface area is 180 Å². The summed E-state index contributed by atoms with van der Waals surface area (Å²) in [5.74, 6) is 0.397. The third-order valence-corrected chi connectivity index (χ3v) is 6.62. The maximum atomic E-state index is 14.4. The van der Waals surface area contributed by atoms with Crippen LogP contribution in [0.3, 0.4) is 0 Å². The zero-order chi connectivity index (χ0) is 20.5.